The maximum absolute atomic E-state index is 5.72. The summed E-state index contributed by atoms with van der Waals surface area (Å²) in [7, 11) is 0. The number of hydrogen-bond donors (Lipinski definition) is 2. The van der Waals surface area contributed by atoms with Crippen LogP contribution < -0.4 is 14.8 Å². The Labute approximate surface area is 147 Å². The van der Waals surface area contributed by atoms with Gasteiger partial charge in [0.15, 0.2) is 11.5 Å². The predicted molar refractivity (Wildman–Crippen MR) is 94.8 cm³/mol. The average Bonchev–Trinajstić information content (AvgIpc) is 3.38. The zero-order valence-corrected chi connectivity index (χ0v) is 14.4. The lowest BCUT2D eigenvalue weighted by atomic mass is 9.86. The first-order valence-electron chi connectivity index (χ1n) is 9.17. The van der Waals surface area contributed by atoms with Crippen molar-refractivity contribution in [3.8, 4) is 22.8 Å². The van der Waals surface area contributed by atoms with E-state index < -0.39 is 0 Å². The van der Waals surface area contributed by atoms with Gasteiger partial charge in [-0.3, -0.25) is 10.00 Å². The van der Waals surface area contributed by atoms with E-state index in [9.17, 15) is 0 Å². The van der Waals surface area contributed by atoms with Gasteiger partial charge in [-0.25, -0.2) is 0 Å². The van der Waals surface area contributed by atoms with Gasteiger partial charge < -0.3 is 14.8 Å². The zero-order valence-electron chi connectivity index (χ0n) is 14.4. The van der Waals surface area contributed by atoms with Gasteiger partial charge in [-0.15, -0.1) is 0 Å². The quantitative estimate of drug-likeness (QED) is 0.895. The highest BCUT2D eigenvalue weighted by atomic mass is 16.6. The summed E-state index contributed by atoms with van der Waals surface area (Å²) < 4.78 is 11.3. The molecular weight excluding hydrogens is 316 g/mol. The molecule has 2 aromatic rings. The molecule has 2 N–H and O–H groups in total. The summed E-state index contributed by atoms with van der Waals surface area (Å²) >= 11 is 0. The van der Waals surface area contributed by atoms with Crippen molar-refractivity contribution in [1.29, 1.82) is 0 Å². The lowest BCUT2D eigenvalue weighted by molar-refractivity contribution is 0.171. The molecular formula is C19H24N4O2. The number of benzene rings is 1. The Balaban J connectivity index is 1.36. The molecule has 1 unspecified atom stereocenters. The molecule has 1 atom stereocenters. The van der Waals surface area contributed by atoms with Gasteiger partial charge >= 0.3 is 0 Å². The molecule has 0 aliphatic carbocycles. The molecule has 5 rings (SSSR count). The molecule has 25 heavy (non-hydrogen) atoms. The monoisotopic (exact) mass is 340 g/mol. The second-order valence-electron chi connectivity index (χ2n) is 7.52. The third kappa shape index (κ3) is 2.79. The number of nitrogens with one attached hydrogen (secondary N) is 2. The van der Waals surface area contributed by atoms with E-state index in [0.717, 1.165) is 29.3 Å². The summed E-state index contributed by atoms with van der Waals surface area (Å²) in [6.07, 6.45) is 4.57. The molecule has 132 valence electrons. The van der Waals surface area contributed by atoms with Crippen LogP contribution >= 0.6 is 0 Å². The minimum absolute atomic E-state index is 0.501. The fourth-order valence-electron chi connectivity index (χ4n) is 4.43. The Morgan fingerprint density at radius 2 is 2.08 bits per heavy atom. The molecule has 6 heteroatoms. The van der Waals surface area contributed by atoms with Gasteiger partial charge in [0.1, 0.15) is 13.2 Å². The molecule has 3 aliphatic rings. The van der Waals surface area contributed by atoms with Gasteiger partial charge in [-0.1, -0.05) is 0 Å². The Hall–Kier alpha value is -2.05. The van der Waals surface area contributed by atoms with E-state index in [-0.39, 0.29) is 0 Å². The molecule has 0 saturated carbocycles. The molecule has 3 aliphatic heterocycles. The van der Waals surface area contributed by atoms with Crippen LogP contribution in [0.4, 0.5) is 0 Å². The average molecular weight is 340 g/mol. The number of aromatic nitrogens is 2. The van der Waals surface area contributed by atoms with E-state index in [1.807, 2.05) is 12.3 Å². The Bertz CT molecular complexity index is 767. The van der Waals surface area contributed by atoms with Crippen LogP contribution in [0.15, 0.2) is 24.4 Å². The second-order valence-corrected chi connectivity index (χ2v) is 7.52. The van der Waals surface area contributed by atoms with E-state index in [1.54, 1.807) is 0 Å². The molecule has 2 saturated heterocycles. The van der Waals surface area contributed by atoms with Crippen molar-refractivity contribution < 1.29 is 9.47 Å². The van der Waals surface area contributed by atoms with Crippen LogP contribution in [-0.2, 0) is 6.54 Å². The fourth-order valence-corrected chi connectivity index (χ4v) is 4.43. The number of likely N-dealkylation sites (tertiary alicyclic amines) is 1. The lowest BCUT2D eigenvalue weighted by Gasteiger charge is -2.23. The Morgan fingerprint density at radius 3 is 2.96 bits per heavy atom. The number of ether oxygens (including phenoxy) is 2. The number of nitrogens with zero attached hydrogens (tertiary/aromatic N) is 2. The van der Waals surface area contributed by atoms with Crippen LogP contribution in [0, 0.1) is 5.41 Å². The van der Waals surface area contributed by atoms with E-state index in [2.05, 4.69) is 32.5 Å². The van der Waals surface area contributed by atoms with Crippen LogP contribution in [-0.4, -0.2) is 54.5 Å². The van der Waals surface area contributed by atoms with Gasteiger partial charge in [0.2, 0.25) is 0 Å². The van der Waals surface area contributed by atoms with E-state index in [0.29, 0.717) is 18.6 Å². The van der Waals surface area contributed by atoms with Crippen LogP contribution in [0.5, 0.6) is 11.5 Å². The summed E-state index contributed by atoms with van der Waals surface area (Å²) in [5.41, 5.74) is 3.94. The normalized spacial score (nSPS) is 25.8. The number of fused-ring (bicyclic) bond motifs is 1. The van der Waals surface area contributed by atoms with Crippen molar-refractivity contribution in [3.63, 3.8) is 0 Å². The maximum atomic E-state index is 5.72. The number of aromatic amines is 1. The summed E-state index contributed by atoms with van der Waals surface area (Å²) in [5.74, 6) is 1.65. The molecule has 0 radical (unpaired) electrons. The first kappa shape index (κ1) is 15.2. The molecule has 0 amide bonds. The molecule has 1 aromatic heterocycles. The van der Waals surface area contributed by atoms with Gasteiger partial charge in [-0.2, -0.15) is 5.10 Å². The van der Waals surface area contributed by atoms with Crippen LogP contribution in [0.1, 0.15) is 18.4 Å². The molecule has 6 nitrogen and oxygen atoms in total. The highest BCUT2D eigenvalue weighted by Crippen LogP contribution is 2.38. The van der Waals surface area contributed by atoms with Gasteiger partial charge in [-0.05, 0) is 49.5 Å². The van der Waals surface area contributed by atoms with Gasteiger partial charge in [0.25, 0.3) is 0 Å². The molecule has 1 aromatic carbocycles. The number of hydrogen-bond acceptors (Lipinski definition) is 5. The van der Waals surface area contributed by atoms with Crippen molar-refractivity contribution in [2.24, 2.45) is 5.41 Å². The largest absolute Gasteiger partial charge is 0.486 e. The SMILES string of the molecule is c1cc2c(cc1-c1[nH]ncc1CN1CCC3(CCNC3)C1)OCCO2. The van der Waals surface area contributed by atoms with E-state index in [1.165, 1.54) is 44.6 Å². The molecule has 0 bridgehead atoms. The standard InChI is InChI=1S/C19H24N4O2/c1-2-16-17(25-8-7-24-16)9-14(1)18-15(10-21-22-18)11-23-6-4-19(13-23)3-5-20-12-19/h1-2,9-10,20H,3-8,11-13H2,(H,21,22). The molecule has 2 fully saturated rings. The van der Waals surface area contributed by atoms with Crippen molar-refractivity contribution >= 4 is 0 Å². The maximum Gasteiger partial charge on any atom is 0.162 e. The summed E-state index contributed by atoms with van der Waals surface area (Å²) in [5, 5.41) is 11.0. The summed E-state index contributed by atoms with van der Waals surface area (Å²) in [6, 6.07) is 6.12. The molecule has 1 spiro atoms. The minimum atomic E-state index is 0.501. The molecule has 4 heterocycles. The van der Waals surface area contributed by atoms with Gasteiger partial charge in [0.05, 0.1) is 11.9 Å². The number of H-pyrrole nitrogens is 1. The van der Waals surface area contributed by atoms with Crippen molar-refractivity contribution in [2.75, 3.05) is 39.4 Å². The summed E-state index contributed by atoms with van der Waals surface area (Å²) in [6.45, 7) is 6.87. The van der Waals surface area contributed by atoms with Crippen LogP contribution in [0.2, 0.25) is 0 Å². The Kier molecular flexibility index (Phi) is 3.68. The topological polar surface area (TPSA) is 62.4 Å². The highest BCUT2D eigenvalue weighted by molar-refractivity contribution is 5.66. The Morgan fingerprint density at radius 1 is 1.16 bits per heavy atom. The highest BCUT2D eigenvalue weighted by Gasteiger charge is 2.40. The van der Waals surface area contributed by atoms with E-state index in [4.69, 9.17) is 9.47 Å². The first-order valence-corrected chi connectivity index (χ1v) is 9.17. The van der Waals surface area contributed by atoms with E-state index >= 15 is 0 Å². The van der Waals surface area contributed by atoms with Crippen molar-refractivity contribution in [1.82, 2.24) is 20.4 Å². The number of rotatable bonds is 3. The van der Waals surface area contributed by atoms with Crippen molar-refractivity contribution in [3.05, 3.63) is 30.0 Å². The minimum Gasteiger partial charge on any atom is -0.486 e. The van der Waals surface area contributed by atoms with Crippen LogP contribution in [0.25, 0.3) is 11.3 Å². The fraction of sp³-hybridized carbons (Fsp3) is 0.526. The summed E-state index contributed by atoms with van der Waals surface area (Å²) in [4.78, 5) is 2.57. The lowest BCUT2D eigenvalue weighted by Crippen LogP contribution is -2.29. The smallest absolute Gasteiger partial charge is 0.162 e. The van der Waals surface area contributed by atoms with Crippen molar-refractivity contribution in [2.45, 2.75) is 19.4 Å². The zero-order chi connectivity index (χ0) is 16.7. The second kappa shape index (κ2) is 6.04. The van der Waals surface area contributed by atoms with Crippen LogP contribution in [0.3, 0.4) is 0 Å². The van der Waals surface area contributed by atoms with Gasteiger partial charge in [0, 0.05) is 30.8 Å². The first-order chi connectivity index (χ1) is 12.3. The third-order valence-corrected chi connectivity index (χ3v) is 5.79. The third-order valence-electron chi connectivity index (χ3n) is 5.79. The predicted octanol–water partition coefficient (Wildman–Crippen LogP) is 2.03.